The van der Waals surface area contributed by atoms with E-state index in [-0.39, 0.29) is 0 Å². The molecule has 19 heavy (non-hydrogen) atoms. The third kappa shape index (κ3) is 4.56. The van der Waals surface area contributed by atoms with Crippen LogP contribution in [0.5, 0.6) is 5.75 Å². The molecule has 0 atom stereocenters. The lowest BCUT2D eigenvalue weighted by atomic mass is 10.1. The molecule has 1 aromatic carbocycles. The lowest BCUT2D eigenvalue weighted by Crippen LogP contribution is -1.98. The molecule has 0 saturated heterocycles. The molecule has 0 N–H and O–H groups in total. The average molecular weight is 276 g/mol. The Bertz CT molecular complexity index is 510. The summed E-state index contributed by atoms with van der Waals surface area (Å²) in [5.41, 5.74) is 2.19. The first kappa shape index (κ1) is 13.9. The van der Waals surface area contributed by atoms with Gasteiger partial charge in [-0.25, -0.2) is 0 Å². The SMILES string of the molecule is CCCCc1ccc(OCc2cc(Cl)ccn2)cc1. The average Bonchev–Trinajstić information content (AvgIpc) is 2.44. The molecular weight excluding hydrogens is 258 g/mol. The molecule has 0 radical (unpaired) electrons. The van der Waals surface area contributed by atoms with E-state index in [1.165, 1.54) is 18.4 Å². The highest BCUT2D eigenvalue weighted by Crippen LogP contribution is 2.16. The number of rotatable bonds is 6. The number of ether oxygens (including phenoxy) is 1. The Balaban J connectivity index is 1.89. The zero-order valence-electron chi connectivity index (χ0n) is 11.1. The maximum atomic E-state index is 5.90. The number of hydrogen-bond donors (Lipinski definition) is 0. The molecule has 1 aromatic heterocycles. The summed E-state index contributed by atoms with van der Waals surface area (Å²) in [5.74, 6) is 0.863. The third-order valence-corrected chi connectivity index (χ3v) is 3.14. The van der Waals surface area contributed by atoms with Crippen LogP contribution in [0.3, 0.4) is 0 Å². The van der Waals surface area contributed by atoms with Gasteiger partial charge in [0.15, 0.2) is 0 Å². The van der Waals surface area contributed by atoms with E-state index in [1.54, 1.807) is 12.3 Å². The van der Waals surface area contributed by atoms with Crippen LogP contribution < -0.4 is 4.74 Å². The summed E-state index contributed by atoms with van der Waals surface area (Å²) in [6, 6.07) is 11.8. The second kappa shape index (κ2) is 7.15. The lowest BCUT2D eigenvalue weighted by molar-refractivity contribution is 0.301. The van der Waals surface area contributed by atoms with Crippen LogP contribution in [0.2, 0.25) is 5.02 Å². The van der Waals surface area contributed by atoms with Crippen LogP contribution >= 0.6 is 11.6 Å². The van der Waals surface area contributed by atoms with Gasteiger partial charge in [-0.05, 0) is 42.7 Å². The van der Waals surface area contributed by atoms with Gasteiger partial charge in [0.05, 0.1) is 5.69 Å². The monoisotopic (exact) mass is 275 g/mol. The number of pyridine rings is 1. The first-order valence-corrected chi connectivity index (χ1v) is 6.98. The second-order valence-electron chi connectivity index (χ2n) is 4.50. The van der Waals surface area contributed by atoms with Crippen molar-refractivity contribution in [1.82, 2.24) is 4.98 Å². The summed E-state index contributed by atoms with van der Waals surface area (Å²) >= 11 is 5.90. The smallest absolute Gasteiger partial charge is 0.130 e. The highest BCUT2D eigenvalue weighted by atomic mass is 35.5. The van der Waals surface area contributed by atoms with Gasteiger partial charge in [0, 0.05) is 11.2 Å². The number of halogens is 1. The van der Waals surface area contributed by atoms with Gasteiger partial charge in [0.2, 0.25) is 0 Å². The maximum Gasteiger partial charge on any atom is 0.130 e. The van der Waals surface area contributed by atoms with E-state index >= 15 is 0 Å². The normalized spacial score (nSPS) is 10.4. The predicted octanol–water partition coefficient (Wildman–Crippen LogP) is 4.66. The molecule has 0 spiro atoms. The number of aryl methyl sites for hydroxylation is 1. The molecule has 0 unspecified atom stereocenters. The summed E-state index contributed by atoms with van der Waals surface area (Å²) in [6.45, 7) is 2.64. The van der Waals surface area contributed by atoms with Crippen molar-refractivity contribution in [3.63, 3.8) is 0 Å². The lowest BCUT2D eigenvalue weighted by Gasteiger charge is -2.07. The van der Waals surface area contributed by atoms with Crippen molar-refractivity contribution in [2.45, 2.75) is 32.8 Å². The molecule has 0 fully saturated rings. The molecule has 2 rings (SSSR count). The summed E-state index contributed by atoms with van der Waals surface area (Å²) in [6.07, 6.45) is 5.27. The minimum Gasteiger partial charge on any atom is -0.487 e. The van der Waals surface area contributed by atoms with Crippen molar-refractivity contribution in [3.8, 4) is 5.75 Å². The van der Waals surface area contributed by atoms with Gasteiger partial charge in [-0.15, -0.1) is 0 Å². The van der Waals surface area contributed by atoms with E-state index in [9.17, 15) is 0 Å². The minimum atomic E-state index is 0.439. The fraction of sp³-hybridized carbons (Fsp3) is 0.312. The fourth-order valence-electron chi connectivity index (χ4n) is 1.82. The Labute approximate surface area is 119 Å². The van der Waals surface area contributed by atoms with Crippen LogP contribution in [-0.4, -0.2) is 4.98 Å². The van der Waals surface area contributed by atoms with Crippen LogP contribution in [0.25, 0.3) is 0 Å². The molecule has 0 aliphatic carbocycles. The highest BCUT2D eigenvalue weighted by molar-refractivity contribution is 6.30. The van der Waals surface area contributed by atoms with Gasteiger partial charge in [-0.3, -0.25) is 4.98 Å². The number of nitrogens with zero attached hydrogens (tertiary/aromatic N) is 1. The Hall–Kier alpha value is -1.54. The zero-order valence-corrected chi connectivity index (χ0v) is 11.9. The molecule has 3 heteroatoms. The molecule has 2 aromatic rings. The Morgan fingerprint density at radius 1 is 1.16 bits per heavy atom. The number of benzene rings is 1. The second-order valence-corrected chi connectivity index (χ2v) is 4.94. The van der Waals surface area contributed by atoms with E-state index in [4.69, 9.17) is 16.3 Å². The van der Waals surface area contributed by atoms with Crippen molar-refractivity contribution < 1.29 is 4.74 Å². The van der Waals surface area contributed by atoms with Crippen molar-refractivity contribution in [3.05, 3.63) is 58.9 Å². The summed E-state index contributed by atoms with van der Waals surface area (Å²) in [5, 5.41) is 0.684. The maximum absolute atomic E-state index is 5.90. The Kier molecular flexibility index (Phi) is 5.22. The fourth-order valence-corrected chi connectivity index (χ4v) is 2.00. The minimum absolute atomic E-state index is 0.439. The quantitative estimate of drug-likeness (QED) is 0.765. The standard InChI is InChI=1S/C16H18ClNO/c1-2-3-4-13-5-7-16(8-6-13)19-12-15-11-14(17)9-10-18-15/h5-11H,2-4,12H2,1H3. The van der Waals surface area contributed by atoms with Crippen molar-refractivity contribution >= 4 is 11.6 Å². The van der Waals surface area contributed by atoms with Crippen LogP contribution in [0.15, 0.2) is 42.6 Å². The van der Waals surface area contributed by atoms with Gasteiger partial charge in [0.25, 0.3) is 0 Å². The summed E-state index contributed by atoms with van der Waals surface area (Å²) in [4.78, 5) is 4.20. The van der Waals surface area contributed by atoms with Gasteiger partial charge >= 0.3 is 0 Å². The van der Waals surface area contributed by atoms with E-state index in [1.807, 2.05) is 18.2 Å². The van der Waals surface area contributed by atoms with Crippen molar-refractivity contribution in [2.75, 3.05) is 0 Å². The first-order chi connectivity index (χ1) is 9.28. The molecule has 0 aliphatic rings. The summed E-state index contributed by atoms with van der Waals surface area (Å²) in [7, 11) is 0. The molecule has 0 aliphatic heterocycles. The van der Waals surface area contributed by atoms with Gasteiger partial charge in [-0.2, -0.15) is 0 Å². The summed E-state index contributed by atoms with van der Waals surface area (Å²) < 4.78 is 5.69. The van der Waals surface area contributed by atoms with Crippen LogP contribution in [0.4, 0.5) is 0 Å². The molecule has 100 valence electrons. The van der Waals surface area contributed by atoms with E-state index in [0.29, 0.717) is 11.6 Å². The topological polar surface area (TPSA) is 22.1 Å². The number of aromatic nitrogens is 1. The highest BCUT2D eigenvalue weighted by Gasteiger charge is 1.99. The van der Waals surface area contributed by atoms with Crippen LogP contribution in [0, 0.1) is 0 Å². The Morgan fingerprint density at radius 2 is 1.95 bits per heavy atom. The molecule has 1 heterocycles. The number of hydrogen-bond acceptors (Lipinski definition) is 2. The first-order valence-electron chi connectivity index (χ1n) is 6.60. The molecule has 0 amide bonds. The molecule has 2 nitrogen and oxygen atoms in total. The third-order valence-electron chi connectivity index (χ3n) is 2.91. The Morgan fingerprint density at radius 3 is 2.63 bits per heavy atom. The van der Waals surface area contributed by atoms with Gasteiger partial charge in [0.1, 0.15) is 12.4 Å². The van der Waals surface area contributed by atoms with Crippen LogP contribution in [-0.2, 0) is 13.0 Å². The van der Waals surface area contributed by atoms with Crippen LogP contribution in [0.1, 0.15) is 31.0 Å². The molecule has 0 saturated carbocycles. The largest absolute Gasteiger partial charge is 0.487 e. The number of unbranched alkanes of at least 4 members (excludes halogenated alkanes) is 1. The van der Waals surface area contributed by atoms with Crippen molar-refractivity contribution in [2.24, 2.45) is 0 Å². The molecular formula is C16H18ClNO. The van der Waals surface area contributed by atoms with E-state index < -0.39 is 0 Å². The van der Waals surface area contributed by atoms with Crippen molar-refractivity contribution in [1.29, 1.82) is 0 Å². The zero-order chi connectivity index (χ0) is 13.5. The van der Waals surface area contributed by atoms with E-state index in [0.717, 1.165) is 17.9 Å². The van der Waals surface area contributed by atoms with Gasteiger partial charge in [-0.1, -0.05) is 37.1 Å². The van der Waals surface area contributed by atoms with E-state index in [2.05, 4.69) is 24.0 Å². The van der Waals surface area contributed by atoms with Gasteiger partial charge < -0.3 is 4.74 Å². The predicted molar refractivity (Wildman–Crippen MR) is 78.6 cm³/mol. The molecule has 0 bridgehead atoms.